The largest absolute Gasteiger partial charge is 0.494 e. The summed E-state index contributed by atoms with van der Waals surface area (Å²) in [6.45, 7) is 9.76. The maximum absolute atomic E-state index is 12.7. The van der Waals surface area contributed by atoms with Gasteiger partial charge in [-0.05, 0) is 62.3 Å². The lowest BCUT2D eigenvalue weighted by atomic mass is 9.92. The molecule has 0 spiro atoms. The van der Waals surface area contributed by atoms with Crippen LogP contribution in [-0.2, 0) is 0 Å². The Labute approximate surface area is 195 Å². The van der Waals surface area contributed by atoms with Crippen LogP contribution in [0.25, 0.3) is 0 Å². The Hall–Kier alpha value is -2.90. The Balaban J connectivity index is 1.18. The summed E-state index contributed by atoms with van der Waals surface area (Å²) in [5, 5.41) is 11.8. The summed E-state index contributed by atoms with van der Waals surface area (Å²) < 4.78 is 11.4. The van der Waals surface area contributed by atoms with Crippen LogP contribution in [-0.4, -0.2) is 59.4 Å². The molecule has 8 nitrogen and oxygen atoms in total. The van der Waals surface area contributed by atoms with Gasteiger partial charge in [-0.1, -0.05) is 19.0 Å². The number of nitrogens with one attached hydrogen (secondary N) is 1. The molecule has 2 aliphatic rings. The van der Waals surface area contributed by atoms with E-state index >= 15 is 0 Å². The number of aromatic nitrogens is 2. The number of ether oxygens (including phenoxy) is 1. The van der Waals surface area contributed by atoms with Crippen LogP contribution >= 0.6 is 0 Å². The van der Waals surface area contributed by atoms with Crippen molar-refractivity contribution in [2.24, 2.45) is 5.92 Å². The first kappa shape index (κ1) is 23.3. The standard InChI is InChI=1S/C25H35N5O3/c1-17(2)23-27-25(33-28-23)29-11-8-19(9-12-29)5-4-14-32-21-6-7-22(18(3)15-21)24(31)30-13-10-20(26)16-30/h6-7,15,17,19,26H,4-5,8-14,16H2,1-3H3. The quantitative estimate of drug-likeness (QED) is 0.594. The number of carbonyl (C=O) groups is 1. The highest BCUT2D eigenvalue weighted by atomic mass is 16.5. The molecule has 0 aliphatic carbocycles. The number of hydrogen-bond donors (Lipinski definition) is 1. The highest BCUT2D eigenvalue weighted by Crippen LogP contribution is 2.26. The van der Waals surface area contributed by atoms with Crippen LogP contribution in [0.5, 0.6) is 5.75 Å². The molecule has 8 heteroatoms. The first-order chi connectivity index (χ1) is 15.9. The van der Waals surface area contributed by atoms with Gasteiger partial charge in [-0.3, -0.25) is 4.79 Å². The molecule has 0 bridgehead atoms. The van der Waals surface area contributed by atoms with Crippen LogP contribution in [0.1, 0.15) is 73.6 Å². The molecule has 4 rings (SSSR count). The minimum Gasteiger partial charge on any atom is -0.494 e. The number of rotatable bonds is 8. The van der Waals surface area contributed by atoms with Gasteiger partial charge in [0.05, 0.1) is 13.2 Å². The van der Waals surface area contributed by atoms with Gasteiger partial charge in [0.1, 0.15) is 5.75 Å². The Morgan fingerprint density at radius 2 is 2.06 bits per heavy atom. The molecule has 0 radical (unpaired) electrons. The van der Waals surface area contributed by atoms with Crippen LogP contribution in [0.3, 0.4) is 0 Å². The minimum absolute atomic E-state index is 0.00796. The molecular formula is C25H35N5O3. The zero-order valence-corrected chi connectivity index (χ0v) is 20.0. The number of amides is 1. The second kappa shape index (κ2) is 10.4. The Morgan fingerprint density at radius 3 is 2.70 bits per heavy atom. The van der Waals surface area contributed by atoms with E-state index < -0.39 is 0 Å². The van der Waals surface area contributed by atoms with Crippen molar-refractivity contribution in [1.82, 2.24) is 15.0 Å². The van der Waals surface area contributed by atoms with Crippen molar-refractivity contribution in [2.75, 3.05) is 37.7 Å². The molecule has 2 aromatic rings. The van der Waals surface area contributed by atoms with Gasteiger partial charge >= 0.3 is 6.01 Å². The van der Waals surface area contributed by atoms with E-state index in [1.165, 1.54) is 0 Å². The van der Waals surface area contributed by atoms with Gasteiger partial charge in [0.15, 0.2) is 5.82 Å². The number of nitrogens with zero attached hydrogens (tertiary/aromatic N) is 4. The van der Waals surface area contributed by atoms with E-state index in [2.05, 4.69) is 28.9 Å². The first-order valence-corrected chi connectivity index (χ1v) is 12.1. The number of anilines is 1. The number of aryl methyl sites for hydroxylation is 1. The average molecular weight is 454 g/mol. The van der Waals surface area contributed by atoms with Crippen molar-refractivity contribution in [3.63, 3.8) is 0 Å². The minimum atomic E-state index is 0.00796. The third kappa shape index (κ3) is 5.72. The fraction of sp³-hybridized carbons (Fsp3) is 0.600. The lowest BCUT2D eigenvalue weighted by molar-refractivity contribution is 0.0797. The number of hydrogen-bond acceptors (Lipinski definition) is 7. The first-order valence-electron chi connectivity index (χ1n) is 12.1. The lowest BCUT2D eigenvalue weighted by Crippen LogP contribution is -2.34. The normalized spacial score (nSPS) is 17.3. The molecule has 33 heavy (non-hydrogen) atoms. The Kier molecular flexibility index (Phi) is 7.30. The van der Waals surface area contributed by atoms with E-state index in [9.17, 15) is 4.79 Å². The molecule has 0 saturated carbocycles. The SMILES string of the molecule is Cc1cc(OCCCC2CCN(c3nc(C(C)C)no3)CC2)ccc1C(=O)N1CCC(=N)C1. The van der Waals surface area contributed by atoms with Crippen LogP contribution < -0.4 is 9.64 Å². The summed E-state index contributed by atoms with van der Waals surface area (Å²) in [6.07, 6.45) is 5.09. The second-order valence-corrected chi connectivity index (χ2v) is 9.57. The van der Waals surface area contributed by atoms with E-state index in [0.717, 1.165) is 55.9 Å². The lowest BCUT2D eigenvalue weighted by Gasteiger charge is -2.30. The van der Waals surface area contributed by atoms with Crippen molar-refractivity contribution in [2.45, 2.75) is 58.8 Å². The second-order valence-electron chi connectivity index (χ2n) is 9.57. The van der Waals surface area contributed by atoms with Crippen LogP contribution in [0.4, 0.5) is 6.01 Å². The number of benzene rings is 1. The van der Waals surface area contributed by atoms with Gasteiger partial charge in [0, 0.05) is 43.2 Å². The van der Waals surface area contributed by atoms with Crippen molar-refractivity contribution in [1.29, 1.82) is 5.41 Å². The third-order valence-corrected chi connectivity index (χ3v) is 6.64. The molecule has 0 atom stereocenters. The molecule has 2 saturated heterocycles. The predicted molar refractivity (Wildman–Crippen MR) is 127 cm³/mol. The molecule has 0 unspecified atom stereocenters. The van der Waals surface area contributed by atoms with E-state index in [1.54, 1.807) is 4.90 Å². The summed E-state index contributed by atoms with van der Waals surface area (Å²) in [6, 6.07) is 6.34. The molecule has 1 amide bonds. The fourth-order valence-corrected chi connectivity index (χ4v) is 4.53. The molecule has 2 aliphatic heterocycles. The monoisotopic (exact) mass is 453 g/mol. The smallest absolute Gasteiger partial charge is 0.324 e. The van der Waals surface area contributed by atoms with E-state index in [4.69, 9.17) is 14.7 Å². The summed E-state index contributed by atoms with van der Waals surface area (Å²) in [5.41, 5.74) is 2.25. The number of piperidine rings is 1. The van der Waals surface area contributed by atoms with Gasteiger partial charge in [0.2, 0.25) is 0 Å². The maximum Gasteiger partial charge on any atom is 0.324 e. The number of carbonyl (C=O) groups excluding carboxylic acids is 1. The number of likely N-dealkylation sites (tertiary alicyclic amines) is 1. The van der Waals surface area contributed by atoms with Crippen LogP contribution in [0.15, 0.2) is 22.7 Å². The fourth-order valence-electron chi connectivity index (χ4n) is 4.53. The van der Waals surface area contributed by atoms with Gasteiger partial charge in [-0.25, -0.2) is 0 Å². The molecule has 1 N–H and O–H groups in total. The molecular weight excluding hydrogens is 418 g/mol. The van der Waals surface area contributed by atoms with Gasteiger partial charge in [0.25, 0.3) is 5.91 Å². The van der Waals surface area contributed by atoms with Gasteiger partial charge < -0.3 is 24.5 Å². The van der Waals surface area contributed by atoms with Gasteiger partial charge in [-0.2, -0.15) is 4.98 Å². The summed E-state index contributed by atoms with van der Waals surface area (Å²) in [7, 11) is 0. The molecule has 178 valence electrons. The average Bonchev–Trinajstić information content (AvgIpc) is 3.46. The molecule has 1 aromatic heterocycles. The topological polar surface area (TPSA) is 95.6 Å². The summed E-state index contributed by atoms with van der Waals surface area (Å²) in [4.78, 5) is 21.1. The maximum atomic E-state index is 12.7. The summed E-state index contributed by atoms with van der Waals surface area (Å²) in [5.74, 6) is 2.56. The predicted octanol–water partition coefficient (Wildman–Crippen LogP) is 4.44. The van der Waals surface area contributed by atoms with E-state index in [1.807, 2.05) is 25.1 Å². The Morgan fingerprint density at radius 1 is 1.27 bits per heavy atom. The highest BCUT2D eigenvalue weighted by Gasteiger charge is 2.25. The molecule has 1 aromatic carbocycles. The van der Waals surface area contributed by atoms with Crippen LogP contribution in [0, 0.1) is 18.3 Å². The van der Waals surface area contributed by atoms with Crippen molar-refractivity contribution in [3.05, 3.63) is 35.2 Å². The zero-order chi connectivity index (χ0) is 23.4. The van der Waals surface area contributed by atoms with E-state index in [0.29, 0.717) is 49.3 Å². The zero-order valence-electron chi connectivity index (χ0n) is 20.0. The van der Waals surface area contributed by atoms with Gasteiger partial charge in [-0.15, -0.1) is 0 Å². The van der Waals surface area contributed by atoms with Crippen molar-refractivity contribution >= 4 is 17.6 Å². The van der Waals surface area contributed by atoms with E-state index in [-0.39, 0.29) is 11.8 Å². The highest BCUT2D eigenvalue weighted by molar-refractivity contribution is 6.00. The summed E-state index contributed by atoms with van der Waals surface area (Å²) >= 11 is 0. The van der Waals surface area contributed by atoms with Crippen LogP contribution in [0.2, 0.25) is 0 Å². The van der Waals surface area contributed by atoms with Crippen molar-refractivity contribution < 1.29 is 14.1 Å². The van der Waals surface area contributed by atoms with Crippen molar-refractivity contribution in [3.8, 4) is 5.75 Å². The molecule has 2 fully saturated rings. The Bertz CT molecular complexity index is 978. The molecule has 3 heterocycles. The third-order valence-electron chi connectivity index (χ3n) is 6.64.